The van der Waals surface area contributed by atoms with Crippen molar-refractivity contribution in [2.45, 2.75) is 33.8 Å². The van der Waals surface area contributed by atoms with E-state index in [1.165, 1.54) is 11.3 Å². The highest BCUT2D eigenvalue weighted by Gasteiger charge is 2.21. The Kier molecular flexibility index (Phi) is 5.44. The number of anilines is 1. The molecule has 1 aromatic heterocycles. The van der Waals surface area contributed by atoms with Crippen LogP contribution in [0.1, 0.15) is 32.6 Å². The molecule has 2 aromatic rings. The lowest BCUT2D eigenvalue weighted by Crippen LogP contribution is -2.30. The van der Waals surface area contributed by atoms with Crippen molar-refractivity contribution in [2.75, 3.05) is 5.32 Å². The third-order valence-electron chi connectivity index (χ3n) is 3.37. The van der Waals surface area contributed by atoms with Gasteiger partial charge in [-0.2, -0.15) is 0 Å². The second-order valence-corrected chi connectivity index (χ2v) is 7.22. The molecule has 0 aliphatic rings. The Hall–Kier alpha value is -1.85. The number of carbonyl (C=O) groups is 2. The summed E-state index contributed by atoms with van der Waals surface area (Å²) in [4.78, 5) is 26.3. The van der Waals surface area contributed by atoms with Gasteiger partial charge in [-0.3, -0.25) is 4.79 Å². The van der Waals surface area contributed by atoms with Crippen molar-refractivity contribution in [1.82, 2.24) is 0 Å². The van der Waals surface area contributed by atoms with Gasteiger partial charge in [0.05, 0.1) is 5.56 Å². The molecule has 1 heterocycles. The lowest BCUT2D eigenvalue weighted by Gasteiger charge is -2.15. The van der Waals surface area contributed by atoms with Gasteiger partial charge >= 0.3 is 5.97 Å². The Balaban J connectivity index is 2.04. The second-order valence-electron chi connectivity index (χ2n) is 5.32. The molecule has 23 heavy (non-hydrogen) atoms. The topological polar surface area (TPSA) is 55.4 Å². The number of esters is 1. The van der Waals surface area contributed by atoms with E-state index in [9.17, 15) is 9.59 Å². The molecule has 0 saturated carbocycles. The number of thiophene rings is 1. The van der Waals surface area contributed by atoms with E-state index in [2.05, 4.69) is 5.32 Å². The summed E-state index contributed by atoms with van der Waals surface area (Å²) < 4.78 is 5.26. The first-order valence-corrected chi connectivity index (χ1v) is 8.32. The zero-order chi connectivity index (χ0) is 17.1. The fraction of sp³-hybridized carbons (Fsp3) is 0.294. The second kappa shape index (κ2) is 7.15. The Morgan fingerprint density at radius 1 is 1.22 bits per heavy atom. The molecule has 0 unspecified atom stereocenters. The minimum absolute atomic E-state index is 0.395. The van der Waals surface area contributed by atoms with Gasteiger partial charge in [0, 0.05) is 20.5 Å². The number of carbonyl (C=O) groups excluding carboxylic acids is 2. The van der Waals surface area contributed by atoms with Crippen molar-refractivity contribution < 1.29 is 14.3 Å². The van der Waals surface area contributed by atoms with Gasteiger partial charge in [-0.25, -0.2) is 4.79 Å². The van der Waals surface area contributed by atoms with Crippen molar-refractivity contribution in [3.63, 3.8) is 0 Å². The first-order chi connectivity index (χ1) is 10.8. The highest BCUT2D eigenvalue weighted by atomic mass is 35.5. The zero-order valence-corrected chi connectivity index (χ0v) is 15.0. The number of aryl methyl sites for hydroxylation is 3. The number of hydrogen-bond acceptors (Lipinski definition) is 4. The van der Waals surface area contributed by atoms with E-state index in [1.54, 1.807) is 25.1 Å². The summed E-state index contributed by atoms with van der Waals surface area (Å²) in [6.07, 6.45) is -0.902. The van der Waals surface area contributed by atoms with Gasteiger partial charge in [-0.05, 0) is 51.5 Å². The van der Waals surface area contributed by atoms with Crippen LogP contribution in [0.2, 0.25) is 5.02 Å². The van der Waals surface area contributed by atoms with Gasteiger partial charge in [0.1, 0.15) is 0 Å². The van der Waals surface area contributed by atoms with E-state index in [-0.39, 0.29) is 0 Å². The number of amides is 1. The summed E-state index contributed by atoms with van der Waals surface area (Å²) >= 11 is 7.45. The van der Waals surface area contributed by atoms with Crippen LogP contribution in [0.3, 0.4) is 0 Å². The summed E-state index contributed by atoms with van der Waals surface area (Å²) in [6.45, 7) is 7.18. The van der Waals surface area contributed by atoms with E-state index in [0.29, 0.717) is 16.3 Å². The fourth-order valence-electron chi connectivity index (χ4n) is 2.07. The number of halogens is 1. The molecule has 6 heteroatoms. The average Bonchev–Trinajstić information content (AvgIpc) is 2.81. The van der Waals surface area contributed by atoms with Crippen molar-refractivity contribution in [2.24, 2.45) is 0 Å². The molecule has 0 radical (unpaired) electrons. The van der Waals surface area contributed by atoms with Gasteiger partial charge in [-0.15, -0.1) is 11.3 Å². The van der Waals surface area contributed by atoms with Crippen LogP contribution in [-0.4, -0.2) is 18.0 Å². The molecular weight excluding hydrogens is 334 g/mol. The number of benzene rings is 1. The van der Waals surface area contributed by atoms with Crippen LogP contribution in [0, 0.1) is 20.8 Å². The van der Waals surface area contributed by atoms with Gasteiger partial charge in [0.2, 0.25) is 0 Å². The van der Waals surface area contributed by atoms with E-state index in [0.717, 1.165) is 15.3 Å². The zero-order valence-electron chi connectivity index (χ0n) is 13.4. The van der Waals surface area contributed by atoms with Crippen LogP contribution in [-0.2, 0) is 9.53 Å². The maximum atomic E-state index is 12.2. The molecule has 0 aliphatic carbocycles. The fourth-order valence-corrected chi connectivity index (χ4v) is 3.16. The minimum atomic E-state index is -0.902. The van der Waals surface area contributed by atoms with Crippen LogP contribution < -0.4 is 5.32 Å². The van der Waals surface area contributed by atoms with Gasteiger partial charge in [-0.1, -0.05) is 17.7 Å². The smallest absolute Gasteiger partial charge is 0.340 e. The molecule has 1 amide bonds. The maximum Gasteiger partial charge on any atom is 0.340 e. The summed E-state index contributed by atoms with van der Waals surface area (Å²) in [7, 11) is 0. The summed E-state index contributed by atoms with van der Waals surface area (Å²) in [5, 5.41) is 3.26. The molecule has 0 fully saturated rings. The quantitative estimate of drug-likeness (QED) is 0.824. The molecular formula is C17H18ClNO3S. The predicted molar refractivity (Wildman–Crippen MR) is 93.5 cm³/mol. The lowest BCUT2D eigenvalue weighted by atomic mass is 10.2. The molecule has 0 saturated heterocycles. The minimum Gasteiger partial charge on any atom is -0.449 e. The largest absolute Gasteiger partial charge is 0.449 e. The molecule has 4 nitrogen and oxygen atoms in total. The average molecular weight is 352 g/mol. The monoisotopic (exact) mass is 351 g/mol. The number of ether oxygens (including phenoxy) is 1. The van der Waals surface area contributed by atoms with Crippen LogP contribution in [0.5, 0.6) is 0 Å². The highest BCUT2D eigenvalue weighted by Crippen LogP contribution is 2.23. The molecule has 1 N–H and O–H groups in total. The van der Waals surface area contributed by atoms with Crippen LogP contribution in [0.25, 0.3) is 0 Å². The number of rotatable bonds is 4. The van der Waals surface area contributed by atoms with Crippen LogP contribution in [0.4, 0.5) is 5.69 Å². The molecule has 1 aromatic carbocycles. The number of nitrogens with one attached hydrogen (secondary N) is 1. The SMILES string of the molecule is Cc1cc(C(=O)O[C@@H](C)C(=O)Nc2cc(Cl)ccc2C)c(C)s1. The summed E-state index contributed by atoms with van der Waals surface area (Å²) in [5.41, 5.74) is 1.99. The van der Waals surface area contributed by atoms with Crippen molar-refractivity contribution in [3.8, 4) is 0 Å². The maximum absolute atomic E-state index is 12.2. The molecule has 2 rings (SSSR count). The Labute approximate surface area is 144 Å². The molecule has 0 bridgehead atoms. The standard InChI is InChI=1S/C17H18ClNO3S/c1-9-5-6-13(18)8-15(9)19-16(20)11(3)22-17(21)14-7-10(2)23-12(14)4/h5-8,11H,1-4H3,(H,19,20)/t11-/m0/s1. The van der Waals surface area contributed by atoms with E-state index in [4.69, 9.17) is 16.3 Å². The van der Waals surface area contributed by atoms with Crippen LogP contribution in [0.15, 0.2) is 24.3 Å². The lowest BCUT2D eigenvalue weighted by molar-refractivity contribution is -0.123. The predicted octanol–water partition coefficient (Wildman–Crippen LogP) is 4.51. The Morgan fingerprint density at radius 2 is 1.91 bits per heavy atom. The van der Waals surface area contributed by atoms with E-state index in [1.807, 2.05) is 26.8 Å². The highest BCUT2D eigenvalue weighted by molar-refractivity contribution is 7.12. The third kappa shape index (κ3) is 4.33. The van der Waals surface area contributed by atoms with Gasteiger partial charge in [0.15, 0.2) is 6.10 Å². The third-order valence-corrected chi connectivity index (χ3v) is 4.57. The summed E-state index contributed by atoms with van der Waals surface area (Å²) in [5.74, 6) is -0.884. The molecule has 1 atom stereocenters. The molecule has 0 spiro atoms. The van der Waals surface area contributed by atoms with E-state index >= 15 is 0 Å². The first-order valence-electron chi connectivity index (χ1n) is 7.13. The van der Waals surface area contributed by atoms with Gasteiger partial charge in [0.25, 0.3) is 5.91 Å². The Morgan fingerprint density at radius 3 is 2.52 bits per heavy atom. The van der Waals surface area contributed by atoms with E-state index < -0.39 is 18.0 Å². The van der Waals surface area contributed by atoms with Crippen molar-refractivity contribution >= 4 is 40.5 Å². The Bertz CT molecular complexity index is 754. The molecule has 0 aliphatic heterocycles. The number of hydrogen-bond donors (Lipinski definition) is 1. The van der Waals surface area contributed by atoms with Crippen LogP contribution >= 0.6 is 22.9 Å². The van der Waals surface area contributed by atoms with Gasteiger partial charge < -0.3 is 10.1 Å². The summed E-state index contributed by atoms with van der Waals surface area (Å²) in [6, 6.07) is 6.99. The first kappa shape index (κ1) is 17.5. The van der Waals surface area contributed by atoms with Crippen molar-refractivity contribution in [1.29, 1.82) is 0 Å². The normalized spacial score (nSPS) is 11.9. The van der Waals surface area contributed by atoms with Crippen molar-refractivity contribution in [3.05, 3.63) is 50.2 Å². The molecule has 122 valence electrons.